The fourth-order valence-corrected chi connectivity index (χ4v) is 4.77. The minimum atomic E-state index is -1.60. The summed E-state index contributed by atoms with van der Waals surface area (Å²) in [5.74, 6) is -1.26. The Morgan fingerprint density at radius 2 is 1.95 bits per heavy atom. The Morgan fingerprint density at radius 3 is 2.54 bits per heavy atom. The number of aryl methyl sites for hydroxylation is 1. The van der Waals surface area contributed by atoms with Crippen molar-refractivity contribution < 1.29 is 27.2 Å². The molecule has 0 spiro atoms. The Labute approximate surface area is 214 Å². The van der Waals surface area contributed by atoms with Crippen LogP contribution in [0.4, 0.5) is 13.2 Å². The molecule has 1 aliphatic rings. The van der Waals surface area contributed by atoms with Crippen LogP contribution in [0.3, 0.4) is 0 Å². The summed E-state index contributed by atoms with van der Waals surface area (Å²) >= 11 is 0. The number of halogens is 3. The van der Waals surface area contributed by atoms with Crippen molar-refractivity contribution in [3.05, 3.63) is 76.2 Å². The lowest BCUT2D eigenvalue weighted by atomic mass is 9.83. The first kappa shape index (κ1) is 26.6. The molecule has 37 heavy (non-hydrogen) atoms. The third-order valence-corrected chi connectivity index (χ3v) is 6.43. The smallest absolute Gasteiger partial charge is 0.330 e. The molecule has 6 nitrogen and oxygen atoms in total. The van der Waals surface area contributed by atoms with Gasteiger partial charge in [0.05, 0.1) is 13.2 Å². The molecule has 0 aliphatic carbocycles. The van der Waals surface area contributed by atoms with Crippen molar-refractivity contribution in [2.24, 2.45) is 0 Å². The first-order valence-electron chi connectivity index (χ1n) is 12.2. The van der Waals surface area contributed by atoms with E-state index in [1.165, 1.54) is 27.0 Å². The summed E-state index contributed by atoms with van der Waals surface area (Å²) in [7, 11) is 1.21. The largest absolute Gasteiger partial charge is 0.466 e. The van der Waals surface area contributed by atoms with Gasteiger partial charge in [-0.25, -0.2) is 18.0 Å². The molecule has 3 aromatic rings. The molecule has 1 aromatic heterocycles. The number of rotatable bonds is 7. The van der Waals surface area contributed by atoms with E-state index in [0.717, 1.165) is 29.3 Å². The Balaban J connectivity index is 1.83. The number of carbonyl (C=O) groups is 1. The maximum atomic E-state index is 15.6. The van der Waals surface area contributed by atoms with Gasteiger partial charge in [-0.1, -0.05) is 24.2 Å². The lowest BCUT2D eigenvalue weighted by molar-refractivity contribution is -0.134. The Hall–Kier alpha value is -3.46. The predicted octanol–water partition coefficient (Wildman–Crippen LogP) is 5.85. The zero-order chi connectivity index (χ0) is 26.9. The first-order valence-corrected chi connectivity index (χ1v) is 12.2. The van der Waals surface area contributed by atoms with Crippen LogP contribution in [0.1, 0.15) is 61.9 Å². The molecule has 2 aromatic carbocycles. The Kier molecular flexibility index (Phi) is 7.54. The minimum absolute atomic E-state index is 0.0202. The van der Waals surface area contributed by atoms with Crippen LogP contribution in [0.5, 0.6) is 0 Å². The molecule has 2 heterocycles. The predicted molar refractivity (Wildman–Crippen MR) is 133 cm³/mol. The van der Waals surface area contributed by atoms with Gasteiger partial charge in [-0.05, 0) is 68.2 Å². The number of benzene rings is 2. The Bertz CT molecular complexity index is 1310. The highest BCUT2D eigenvalue weighted by Gasteiger charge is 2.39. The van der Waals surface area contributed by atoms with Crippen LogP contribution in [-0.2, 0) is 22.4 Å². The van der Waals surface area contributed by atoms with E-state index < -0.39 is 29.3 Å². The SMILES string of the molecule is CCc1nc(-c2ccc3c(c2)C[C@@H](C)N(CC(C)(C)F)[C@@H]3c2c(F)cc(/C=C/C(=O)OC)cc2F)no1. The van der Waals surface area contributed by atoms with Gasteiger partial charge < -0.3 is 9.26 Å². The maximum Gasteiger partial charge on any atom is 0.330 e. The number of nitrogens with zero attached hydrogens (tertiary/aromatic N) is 3. The van der Waals surface area contributed by atoms with E-state index in [4.69, 9.17) is 4.52 Å². The second-order valence-electron chi connectivity index (χ2n) is 9.88. The molecule has 2 atom stereocenters. The molecular formula is C28H30F3N3O3. The molecule has 0 N–H and O–H groups in total. The third kappa shape index (κ3) is 5.77. The van der Waals surface area contributed by atoms with Crippen molar-refractivity contribution in [1.82, 2.24) is 15.0 Å². The zero-order valence-corrected chi connectivity index (χ0v) is 21.5. The normalized spacial score (nSPS) is 18.3. The highest BCUT2D eigenvalue weighted by atomic mass is 19.1. The van der Waals surface area contributed by atoms with Crippen molar-refractivity contribution >= 4 is 12.0 Å². The molecule has 0 radical (unpaired) electrons. The van der Waals surface area contributed by atoms with E-state index in [1.807, 2.05) is 19.9 Å². The molecule has 196 valence electrons. The number of carbonyl (C=O) groups excluding carboxylic acids is 1. The van der Waals surface area contributed by atoms with Crippen molar-refractivity contribution in [1.29, 1.82) is 0 Å². The van der Waals surface area contributed by atoms with E-state index in [0.29, 0.717) is 30.1 Å². The van der Waals surface area contributed by atoms with Gasteiger partial charge in [0.15, 0.2) is 0 Å². The van der Waals surface area contributed by atoms with Gasteiger partial charge in [0, 0.05) is 36.2 Å². The number of aromatic nitrogens is 2. The monoisotopic (exact) mass is 513 g/mol. The van der Waals surface area contributed by atoms with Gasteiger partial charge in [-0.15, -0.1) is 0 Å². The van der Waals surface area contributed by atoms with Crippen LogP contribution in [0.25, 0.3) is 17.5 Å². The summed E-state index contributed by atoms with van der Waals surface area (Å²) in [4.78, 5) is 17.6. The van der Waals surface area contributed by atoms with Crippen molar-refractivity contribution in [3.8, 4) is 11.4 Å². The number of fused-ring (bicyclic) bond motifs is 1. The summed E-state index contributed by atoms with van der Waals surface area (Å²) in [6.45, 7) is 6.71. The quantitative estimate of drug-likeness (QED) is 0.292. The molecule has 0 unspecified atom stereocenters. The van der Waals surface area contributed by atoms with Crippen LogP contribution in [0.2, 0.25) is 0 Å². The highest BCUT2D eigenvalue weighted by molar-refractivity contribution is 5.86. The average molecular weight is 514 g/mol. The summed E-state index contributed by atoms with van der Waals surface area (Å²) in [5.41, 5.74) is 0.691. The van der Waals surface area contributed by atoms with Gasteiger partial charge in [0.1, 0.15) is 17.3 Å². The van der Waals surface area contributed by atoms with Gasteiger partial charge in [0.25, 0.3) is 0 Å². The second kappa shape index (κ2) is 10.5. The third-order valence-electron chi connectivity index (χ3n) is 6.43. The topological polar surface area (TPSA) is 68.5 Å². The Morgan fingerprint density at radius 1 is 1.24 bits per heavy atom. The first-order chi connectivity index (χ1) is 17.5. The highest BCUT2D eigenvalue weighted by Crippen LogP contribution is 2.42. The van der Waals surface area contributed by atoms with Gasteiger partial charge in [0.2, 0.25) is 11.7 Å². The lowest BCUT2D eigenvalue weighted by Crippen LogP contribution is -2.48. The molecule has 0 amide bonds. The van der Waals surface area contributed by atoms with Gasteiger partial charge in [-0.3, -0.25) is 4.90 Å². The second-order valence-corrected chi connectivity index (χ2v) is 9.88. The lowest BCUT2D eigenvalue weighted by Gasteiger charge is -2.44. The molecule has 0 fully saturated rings. The number of ether oxygens (including phenoxy) is 1. The van der Waals surface area contributed by atoms with Crippen LogP contribution >= 0.6 is 0 Å². The van der Waals surface area contributed by atoms with Crippen LogP contribution < -0.4 is 0 Å². The number of esters is 1. The van der Waals surface area contributed by atoms with Crippen LogP contribution in [0.15, 0.2) is 40.9 Å². The standard InChI is InChI=1S/C28H30F3N3O3/c1-6-23-32-27(33-37-23)18-8-9-20-19(14-18)11-16(2)34(15-28(3,4)31)26(20)25-21(29)12-17(13-22(25)30)7-10-24(35)36-5/h7-10,12-14,16,26H,6,11,15H2,1-5H3/b10-7+/t16-,26+/m1/s1. The molecule has 0 bridgehead atoms. The van der Waals surface area contributed by atoms with E-state index >= 15 is 8.78 Å². The molecule has 4 rings (SSSR count). The van der Waals surface area contributed by atoms with E-state index in [-0.39, 0.29) is 23.7 Å². The van der Waals surface area contributed by atoms with E-state index in [2.05, 4.69) is 14.9 Å². The summed E-state index contributed by atoms with van der Waals surface area (Å²) in [5, 5.41) is 4.03. The average Bonchev–Trinajstić information content (AvgIpc) is 3.32. The summed E-state index contributed by atoms with van der Waals surface area (Å²) < 4.78 is 55.8. The summed E-state index contributed by atoms with van der Waals surface area (Å²) in [6, 6.07) is 6.74. The molecule has 1 aliphatic heterocycles. The van der Waals surface area contributed by atoms with Crippen molar-refractivity contribution in [3.63, 3.8) is 0 Å². The summed E-state index contributed by atoms with van der Waals surface area (Å²) in [6.07, 6.45) is 3.53. The molecular weight excluding hydrogens is 483 g/mol. The zero-order valence-electron chi connectivity index (χ0n) is 21.5. The van der Waals surface area contributed by atoms with Crippen LogP contribution in [0, 0.1) is 11.6 Å². The molecule has 0 saturated heterocycles. The van der Waals surface area contributed by atoms with E-state index in [1.54, 1.807) is 17.0 Å². The fraction of sp³-hybridized carbons (Fsp3) is 0.393. The number of hydrogen-bond donors (Lipinski definition) is 0. The molecule has 9 heteroatoms. The maximum absolute atomic E-state index is 15.6. The van der Waals surface area contributed by atoms with Crippen molar-refractivity contribution in [2.45, 2.75) is 58.3 Å². The van der Waals surface area contributed by atoms with Crippen LogP contribution in [-0.4, -0.2) is 46.4 Å². The fourth-order valence-electron chi connectivity index (χ4n) is 4.77. The van der Waals surface area contributed by atoms with Crippen molar-refractivity contribution in [2.75, 3.05) is 13.7 Å². The minimum Gasteiger partial charge on any atom is -0.466 e. The molecule has 0 saturated carbocycles. The van der Waals surface area contributed by atoms with Gasteiger partial charge >= 0.3 is 5.97 Å². The number of alkyl halides is 1. The number of methoxy groups -OCH3 is 1. The van der Waals surface area contributed by atoms with Gasteiger partial charge in [-0.2, -0.15) is 4.98 Å². The number of hydrogen-bond acceptors (Lipinski definition) is 6. The van der Waals surface area contributed by atoms with E-state index in [9.17, 15) is 9.18 Å².